The van der Waals surface area contributed by atoms with E-state index in [1.54, 1.807) is 13.1 Å². The average molecular weight is 375 g/mol. The van der Waals surface area contributed by atoms with E-state index in [0.717, 1.165) is 28.1 Å². The standard InChI is InChI=1S/C23H25N3O2/c1-15-21(23(27)28)22(17-8-12-19(13-9-17)26(4)5)20(14-24-15)16-6-10-18(11-7-16)25(2)3/h6-14H,1-5H3,(H,27,28). The van der Waals surface area contributed by atoms with E-state index in [9.17, 15) is 9.90 Å². The summed E-state index contributed by atoms with van der Waals surface area (Å²) >= 11 is 0. The van der Waals surface area contributed by atoms with E-state index < -0.39 is 5.97 Å². The second kappa shape index (κ2) is 7.72. The molecule has 2 aromatic carbocycles. The number of hydrogen-bond acceptors (Lipinski definition) is 4. The van der Waals surface area contributed by atoms with Crippen LogP contribution in [-0.2, 0) is 0 Å². The first-order valence-electron chi connectivity index (χ1n) is 9.08. The molecule has 0 spiro atoms. The van der Waals surface area contributed by atoms with Gasteiger partial charge < -0.3 is 14.9 Å². The average Bonchev–Trinajstić information content (AvgIpc) is 2.67. The van der Waals surface area contributed by atoms with Crippen molar-refractivity contribution in [2.24, 2.45) is 0 Å². The Morgan fingerprint density at radius 1 is 0.821 bits per heavy atom. The Hall–Kier alpha value is -3.34. The zero-order chi connectivity index (χ0) is 20.4. The first kappa shape index (κ1) is 19.4. The number of hydrogen-bond donors (Lipinski definition) is 1. The number of aromatic nitrogens is 1. The van der Waals surface area contributed by atoms with Gasteiger partial charge in [0.2, 0.25) is 0 Å². The number of aryl methyl sites for hydroxylation is 1. The Kier molecular flexibility index (Phi) is 5.36. The fourth-order valence-electron chi connectivity index (χ4n) is 3.25. The van der Waals surface area contributed by atoms with Crippen LogP contribution in [0.5, 0.6) is 0 Å². The fraction of sp³-hybridized carbons (Fsp3) is 0.217. The van der Waals surface area contributed by atoms with E-state index >= 15 is 0 Å². The van der Waals surface area contributed by atoms with Gasteiger partial charge in [0.05, 0.1) is 11.3 Å². The van der Waals surface area contributed by atoms with Gasteiger partial charge in [0.1, 0.15) is 0 Å². The molecule has 1 N–H and O–H groups in total. The molecule has 0 saturated heterocycles. The second-order valence-corrected chi connectivity index (χ2v) is 7.20. The Labute approximate surface area is 165 Å². The summed E-state index contributed by atoms with van der Waals surface area (Å²) in [7, 11) is 7.93. The highest BCUT2D eigenvalue weighted by Crippen LogP contribution is 2.37. The molecule has 0 fully saturated rings. The fourth-order valence-corrected chi connectivity index (χ4v) is 3.25. The van der Waals surface area contributed by atoms with Gasteiger partial charge in [-0.2, -0.15) is 0 Å². The topological polar surface area (TPSA) is 56.7 Å². The predicted octanol–water partition coefficient (Wildman–Crippen LogP) is 4.55. The highest BCUT2D eigenvalue weighted by Gasteiger charge is 2.21. The lowest BCUT2D eigenvalue weighted by molar-refractivity contribution is 0.0696. The minimum atomic E-state index is -0.969. The lowest BCUT2D eigenvalue weighted by atomic mass is 9.91. The summed E-state index contributed by atoms with van der Waals surface area (Å²) in [4.78, 5) is 20.5. The van der Waals surface area contributed by atoms with Crippen molar-refractivity contribution in [2.45, 2.75) is 6.92 Å². The van der Waals surface area contributed by atoms with Gasteiger partial charge in [0, 0.05) is 56.9 Å². The summed E-state index contributed by atoms with van der Waals surface area (Å²) in [5.41, 5.74) is 6.20. The van der Waals surface area contributed by atoms with Crippen molar-refractivity contribution in [2.75, 3.05) is 38.0 Å². The predicted molar refractivity (Wildman–Crippen MR) is 115 cm³/mol. The monoisotopic (exact) mass is 375 g/mol. The van der Waals surface area contributed by atoms with Gasteiger partial charge in [-0.3, -0.25) is 4.98 Å². The van der Waals surface area contributed by atoms with Crippen LogP contribution >= 0.6 is 0 Å². The van der Waals surface area contributed by atoms with Crippen LogP contribution in [0.3, 0.4) is 0 Å². The molecule has 28 heavy (non-hydrogen) atoms. The van der Waals surface area contributed by atoms with E-state index in [4.69, 9.17) is 0 Å². The summed E-state index contributed by atoms with van der Waals surface area (Å²) in [6.45, 7) is 1.74. The molecule has 0 aliphatic carbocycles. The molecule has 0 unspecified atom stereocenters. The van der Waals surface area contributed by atoms with Gasteiger partial charge in [0.15, 0.2) is 0 Å². The van der Waals surface area contributed by atoms with E-state index in [0.29, 0.717) is 11.3 Å². The highest BCUT2D eigenvalue weighted by molar-refractivity contribution is 6.02. The second-order valence-electron chi connectivity index (χ2n) is 7.20. The molecule has 0 bridgehead atoms. The molecule has 144 valence electrons. The van der Waals surface area contributed by atoms with Crippen molar-refractivity contribution in [3.8, 4) is 22.3 Å². The smallest absolute Gasteiger partial charge is 0.338 e. The summed E-state index contributed by atoms with van der Waals surface area (Å²) in [6, 6.07) is 16.0. The van der Waals surface area contributed by atoms with Crippen LogP contribution in [0.15, 0.2) is 54.7 Å². The van der Waals surface area contributed by atoms with Gasteiger partial charge in [-0.1, -0.05) is 24.3 Å². The van der Waals surface area contributed by atoms with E-state index in [2.05, 4.69) is 4.98 Å². The Balaban J connectivity index is 2.23. The van der Waals surface area contributed by atoms with Crippen LogP contribution in [0.2, 0.25) is 0 Å². The van der Waals surface area contributed by atoms with Crippen molar-refractivity contribution in [3.63, 3.8) is 0 Å². The van der Waals surface area contributed by atoms with Crippen LogP contribution in [0.4, 0.5) is 11.4 Å². The number of pyridine rings is 1. The summed E-state index contributed by atoms with van der Waals surface area (Å²) < 4.78 is 0. The molecule has 0 aliphatic rings. The number of carboxylic acids is 1. The molecule has 0 saturated carbocycles. The lowest BCUT2D eigenvalue weighted by Gasteiger charge is -2.18. The van der Waals surface area contributed by atoms with Crippen molar-refractivity contribution >= 4 is 17.3 Å². The molecule has 5 heteroatoms. The number of nitrogens with zero attached hydrogens (tertiary/aromatic N) is 3. The van der Waals surface area contributed by atoms with Crippen molar-refractivity contribution in [3.05, 3.63) is 66.0 Å². The molecule has 0 aliphatic heterocycles. The third kappa shape index (κ3) is 3.69. The number of aromatic carboxylic acids is 1. The van der Waals surface area contributed by atoms with Gasteiger partial charge >= 0.3 is 5.97 Å². The molecule has 3 aromatic rings. The number of anilines is 2. The zero-order valence-electron chi connectivity index (χ0n) is 16.9. The Bertz CT molecular complexity index is 992. The largest absolute Gasteiger partial charge is 0.478 e. The molecule has 1 heterocycles. The van der Waals surface area contributed by atoms with Crippen LogP contribution in [0.25, 0.3) is 22.3 Å². The van der Waals surface area contributed by atoms with Gasteiger partial charge in [-0.25, -0.2) is 4.79 Å². The normalized spacial score (nSPS) is 10.6. The molecule has 0 atom stereocenters. The summed E-state index contributed by atoms with van der Waals surface area (Å²) in [6.07, 6.45) is 1.77. The summed E-state index contributed by atoms with van der Waals surface area (Å²) in [5.74, 6) is -0.969. The van der Waals surface area contributed by atoms with E-state index in [-0.39, 0.29) is 5.56 Å². The Morgan fingerprint density at radius 3 is 1.71 bits per heavy atom. The van der Waals surface area contributed by atoms with Gasteiger partial charge in [-0.05, 0) is 42.3 Å². The van der Waals surface area contributed by atoms with Crippen LogP contribution < -0.4 is 9.80 Å². The molecule has 0 radical (unpaired) electrons. The quantitative estimate of drug-likeness (QED) is 0.709. The molecule has 5 nitrogen and oxygen atoms in total. The molecule has 3 rings (SSSR count). The molecule has 1 aromatic heterocycles. The number of rotatable bonds is 5. The SMILES string of the molecule is Cc1ncc(-c2ccc(N(C)C)cc2)c(-c2ccc(N(C)C)cc2)c1C(=O)O. The molecular weight excluding hydrogens is 350 g/mol. The third-order valence-electron chi connectivity index (χ3n) is 4.85. The Morgan fingerprint density at radius 2 is 1.29 bits per heavy atom. The maximum atomic E-state index is 12.1. The van der Waals surface area contributed by atoms with E-state index in [1.807, 2.05) is 86.5 Å². The van der Waals surface area contributed by atoms with Crippen molar-refractivity contribution in [1.29, 1.82) is 0 Å². The number of carboxylic acid groups (broad SMARTS) is 1. The van der Waals surface area contributed by atoms with Crippen LogP contribution in [-0.4, -0.2) is 44.3 Å². The minimum absolute atomic E-state index is 0.242. The number of carbonyl (C=O) groups is 1. The third-order valence-corrected chi connectivity index (χ3v) is 4.85. The molecular formula is C23H25N3O2. The van der Waals surface area contributed by atoms with Gasteiger partial charge in [0.25, 0.3) is 0 Å². The maximum Gasteiger partial charge on any atom is 0.338 e. The number of benzene rings is 2. The first-order valence-corrected chi connectivity index (χ1v) is 9.08. The van der Waals surface area contributed by atoms with Gasteiger partial charge in [-0.15, -0.1) is 0 Å². The highest BCUT2D eigenvalue weighted by atomic mass is 16.4. The lowest BCUT2D eigenvalue weighted by Crippen LogP contribution is -2.09. The van der Waals surface area contributed by atoms with Crippen LogP contribution in [0.1, 0.15) is 16.1 Å². The van der Waals surface area contributed by atoms with E-state index in [1.165, 1.54) is 0 Å². The van der Waals surface area contributed by atoms with Crippen molar-refractivity contribution in [1.82, 2.24) is 4.98 Å². The maximum absolute atomic E-state index is 12.1. The van der Waals surface area contributed by atoms with Crippen LogP contribution in [0, 0.1) is 6.92 Å². The summed E-state index contributed by atoms with van der Waals surface area (Å²) in [5, 5.41) is 9.88. The molecule has 0 amide bonds. The first-order chi connectivity index (χ1) is 13.3. The minimum Gasteiger partial charge on any atom is -0.478 e. The van der Waals surface area contributed by atoms with Crippen molar-refractivity contribution < 1.29 is 9.90 Å². The zero-order valence-corrected chi connectivity index (χ0v) is 16.9.